The quantitative estimate of drug-likeness (QED) is 0.932. The van der Waals surface area contributed by atoms with Crippen LogP contribution in [0.25, 0.3) is 0 Å². The molecule has 1 saturated heterocycles. The van der Waals surface area contributed by atoms with Crippen molar-refractivity contribution in [3.63, 3.8) is 0 Å². The third-order valence-corrected chi connectivity index (χ3v) is 4.50. The van der Waals surface area contributed by atoms with Crippen molar-refractivity contribution in [1.82, 2.24) is 4.90 Å². The smallest absolute Gasteiger partial charge is 0.131 e. The zero-order chi connectivity index (χ0) is 17.2. The maximum absolute atomic E-state index is 13.8. The van der Waals surface area contributed by atoms with Crippen LogP contribution in [0.4, 0.5) is 8.78 Å². The Hall–Kier alpha value is -1.82. The molecule has 0 aliphatic carbocycles. The molecule has 0 bridgehead atoms. The highest BCUT2D eigenvalue weighted by Crippen LogP contribution is 2.30. The highest BCUT2D eigenvalue weighted by Gasteiger charge is 2.34. The lowest BCUT2D eigenvalue weighted by Crippen LogP contribution is -2.49. The monoisotopic (exact) mass is 333 g/mol. The molecule has 3 nitrogen and oxygen atoms in total. The Bertz CT molecular complexity index is 675. The Balaban J connectivity index is 1.74. The molecule has 1 fully saturated rings. The van der Waals surface area contributed by atoms with Crippen molar-refractivity contribution in [2.24, 2.45) is 0 Å². The van der Waals surface area contributed by atoms with Gasteiger partial charge < -0.3 is 9.84 Å². The van der Waals surface area contributed by atoms with E-state index in [1.165, 1.54) is 6.07 Å². The first-order chi connectivity index (χ1) is 11.5. The van der Waals surface area contributed by atoms with Crippen LogP contribution >= 0.6 is 0 Å². The molecule has 2 unspecified atom stereocenters. The van der Waals surface area contributed by atoms with E-state index >= 15 is 0 Å². The Kier molecular flexibility index (Phi) is 4.94. The third-order valence-electron chi connectivity index (χ3n) is 4.50. The summed E-state index contributed by atoms with van der Waals surface area (Å²) in [5.74, 6) is -1.44. The summed E-state index contributed by atoms with van der Waals surface area (Å²) < 4.78 is 33.6. The molecule has 128 valence electrons. The van der Waals surface area contributed by atoms with Crippen LogP contribution in [-0.2, 0) is 10.3 Å². The maximum Gasteiger partial charge on any atom is 0.131 e. The van der Waals surface area contributed by atoms with E-state index in [4.69, 9.17) is 4.74 Å². The number of benzene rings is 2. The molecule has 0 saturated carbocycles. The molecule has 0 spiro atoms. The lowest BCUT2D eigenvalue weighted by molar-refractivity contribution is -0.110. The van der Waals surface area contributed by atoms with Crippen LogP contribution in [0.1, 0.15) is 24.2 Å². The maximum atomic E-state index is 13.8. The van der Waals surface area contributed by atoms with Crippen molar-refractivity contribution in [2.75, 3.05) is 26.2 Å². The first kappa shape index (κ1) is 17.0. The van der Waals surface area contributed by atoms with Crippen LogP contribution in [0.15, 0.2) is 48.5 Å². The van der Waals surface area contributed by atoms with E-state index in [1.54, 1.807) is 0 Å². The van der Waals surface area contributed by atoms with Gasteiger partial charge in [0.15, 0.2) is 0 Å². The minimum absolute atomic E-state index is 0.156. The summed E-state index contributed by atoms with van der Waals surface area (Å²) >= 11 is 0. The fourth-order valence-electron chi connectivity index (χ4n) is 3.24. The molecule has 1 N–H and O–H groups in total. The lowest BCUT2D eigenvalue weighted by atomic mass is 9.93. The fourth-order valence-corrected chi connectivity index (χ4v) is 3.24. The number of rotatable bonds is 4. The summed E-state index contributed by atoms with van der Waals surface area (Å²) in [6, 6.07) is 13.5. The minimum atomic E-state index is -1.22. The number of aliphatic hydroxyl groups is 1. The van der Waals surface area contributed by atoms with Gasteiger partial charge in [0.2, 0.25) is 0 Å². The Morgan fingerprint density at radius 1 is 1.12 bits per heavy atom. The second kappa shape index (κ2) is 6.97. The topological polar surface area (TPSA) is 32.7 Å². The Morgan fingerprint density at radius 3 is 2.46 bits per heavy atom. The van der Waals surface area contributed by atoms with Gasteiger partial charge in [-0.2, -0.15) is 0 Å². The van der Waals surface area contributed by atoms with Gasteiger partial charge >= 0.3 is 0 Å². The summed E-state index contributed by atoms with van der Waals surface area (Å²) in [5, 5.41) is 10.3. The molecular formula is C19H21F2NO2. The first-order valence-corrected chi connectivity index (χ1v) is 8.03. The summed E-state index contributed by atoms with van der Waals surface area (Å²) in [5.41, 5.74) is 0.263. The summed E-state index contributed by atoms with van der Waals surface area (Å²) in [6.07, 6.45) is -1.22. The SMILES string of the molecule is CC1(c2ccccc2)CN(CC(O)c2c(F)cccc2F)CCO1. The number of nitrogens with zero attached hydrogens (tertiary/aromatic N) is 1. The number of β-amino-alcohol motifs (C(OH)–C–C–N with tert-alkyl or cyclic N) is 1. The van der Waals surface area contributed by atoms with Crippen LogP contribution in [0.2, 0.25) is 0 Å². The molecule has 0 amide bonds. The fraction of sp³-hybridized carbons (Fsp3) is 0.368. The lowest BCUT2D eigenvalue weighted by Gasteiger charge is -2.41. The van der Waals surface area contributed by atoms with Crippen molar-refractivity contribution in [1.29, 1.82) is 0 Å². The zero-order valence-electron chi connectivity index (χ0n) is 13.6. The average molecular weight is 333 g/mol. The first-order valence-electron chi connectivity index (χ1n) is 8.03. The molecule has 1 aliphatic rings. The molecule has 1 heterocycles. The van der Waals surface area contributed by atoms with Gasteiger partial charge in [0.05, 0.1) is 18.3 Å². The van der Waals surface area contributed by atoms with Crippen LogP contribution in [0, 0.1) is 11.6 Å². The third kappa shape index (κ3) is 3.48. The van der Waals surface area contributed by atoms with Gasteiger partial charge in [0, 0.05) is 19.6 Å². The molecule has 0 radical (unpaired) electrons. The van der Waals surface area contributed by atoms with E-state index in [-0.39, 0.29) is 12.1 Å². The van der Waals surface area contributed by atoms with Crippen molar-refractivity contribution < 1.29 is 18.6 Å². The minimum Gasteiger partial charge on any atom is -0.387 e. The molecule has 24 heavy (non-hydrogen) atoms. The van der Waals surface area contributed by atoms with Crippen LogP contribution in [-0.4, -0.2) is 36.2 Å². The van der Waals surface area contributed by atoms with E-state index < -0.39 is 23.3 Å². The normalized spacial score (nSPS) is 23.2. The van der Waals surface area contributed by atoms with E-state index in [2.05, 4.69) is 0 Å². The van der Waals surface area contributed by atoms with Crippen molar-refractivity contribution in [3.8, 4) is 0 Å². The molecule has 3 rings (SSSR count). The van der Waals surface area contributed by atoms with E-state index in [0.29, 0.717) is 19.7 Å². The van der Waals surface area contributed by atoms with E-state index in [9.17, 15) is 13.9 Å². The molecule has 2 aromatic carbocycles. The second-order valence-electron chi connectivity index (χ2n) is 6.33. The van der Waals surface area contributed by atoms with Gasteiger partial charge in [-0.1, -0.05) is 36.4 Å². The summed E-state index contributed by atoms with van der Waals surface area (Å²) in [6.45, 7) is 3.80. The second-order valence-corrected chi connectivity index (χ2v) is 6.33. The van der Waals surface area contributed by atoms with Gasteiger partial charge in [-0.05, 0) is 24.6 Å². The molecule has 1 aliphatic heterocycles. The highest BCUT2D eigenvalue weighted by atomic mass is 19.1. The molecule has 2 aromatic rings. The van der Waals surface area contributed by atoms with Crippen LogP contribution < -0.4 is 0 Å². The van der Waals surface area contributed by atoms with Gasteiger partial charge in [0.1, 0.15) is 17.2 Å². The number of morpholine rings is 1. The van der Waals surface area contributed by atoms with Gasteiger partial charge in [0.25, 0.3) is 0 Å². The number of ether oxygens (including phenoxy) is 1. The number of hydrogen-bond acceptors (Lipinski definition) is 3. The summed E-state index contributed by atoms with van der Waals surface area (Å²) in [4.78, 5) is 1.98. The van der Waals surface area contributed by atoms with Gasteiger partial charge in [-0.15, -0.1) is 0 Å². The Labute approximate surface area is 140 Å². The van der Waals surface area contributed by atoms with Gasteiger partial charge in [-0.3, -0.25) is 4.90 Å². The largest absolute Gasteiger partial charge is 0.387 e. The standard InChI is InChI=1S/C19H21F2NO2/c1-19(14-6-3-2-4-7-14)13-22(10-11-24-19)12-17(23)18-15(20)8-5-9-16(18)21/h2-9,17,23H,10-13H2,1H3. The number of halogens is 2. The van der Waals surface area contributed by atoms with Crippen LogP contribution in [0.3, 0.4) is 0 Å². The molecular weight excluding hydrogens is 312 g/mol. The zero-order valence-corrected chi connectivity index (χ0v) is 13.6. The van der Waals surface area contributed by atoms with E-state index in [0.717, 1.165) is 17.7 Å². The molecule has 0 aromatic heterocycles. The van der Waals surface area contributed by atoms with E-state index in [1.807, 2.05) is 42.2 Å². The predicted molar refractivity (Wildman–Crippen MR) is 87.5 cm³/mol. The molecule has 2 atom stereocenters. The summed E-state index contributed by atoms with van der Waals surface area (Å²) in [7, 11) is 0. The average Bonchev–Trinajstić information content (AvgIpc) is 2.55. The van der Waals surface area contributed by atoms with Gasteiger partial charge in [-0.25, -0.2) is 8.78 Å². The Morgan fingerprint density at radius 2 is 1.79 bits per heavy atom. The van der Waals surface area contributed by atoms with Crippen molar-refractivity contribution in [3.05, 3.63) is 71.3 Å². The van der Waals surface area contributed by atoms with Crippen molar-refractivity contribution in [2.45, 2.75) is 18.6 Å². The molecule has 5 heteroatoms. The predicted octanol–water partition coefficient (Wildman–Crippen LogP) is 3.25. The van der Waals surface area contributed by atoms with Crippen molar-refractivity contribution >= 4 is 0 Å². The highest BCUT2D eigenvalue weighted by molar-refractivity contribution is 5.24. The number of hydrogen-bond donors (Lipinski definition) is 1. The van der Waals surface area contributed by atoms with Crippen LogP contribution in [0.5, 0.6) is 0 Å². The number of aliphatic hydroxyl groups excluding tert-OH is 1.